The van der Waals surface area contributed by atoms with Crippen LogP contribution in [0.15, 0.2) is 12.4 Å². The highest BCUT2D eigenvalue weighted by atomic mass is 16.2. The second kappa shape index (κ2) is 6.10. The molecule has 0 radical (unpaired) electrons. The van der Waals surface area contributed by atoms with Gasteiger partial charge in [0.15, 0.2) is 0 Å². The van der Waals surface area contributed by atoms with Gasteiger partial charge in [0.05, 0.1) is 12.7 Å². The van der Waals surface area contributed by atoms with Crippen LogP contribution in [0.4, 0.5) is 0 Å². The topological polar surface area (TPSA) is 101 Å². The van der Waals surface area contributed by atoms with E-state index in [1.807, 2.05) is 0 Å². The van der Waals surface area contributed by atoms with E-state index in [4.69, 9.17) is 0 Å². The third kappa shape index (κ3) is 3.52. The van der Waals surface area contributed by atoms with E-state index in [0.29, 0.717) is 13.1 Å². The van der Waals surface area contributed by atoms with Crippen LogP contribution >= 0.6 is 0 Å². The lowest BCUT2D eigenvalue weighted by Crippen LogP contribution is -2.58. The Bertz CT molecular complexity index is 395. The number of nitrogens with one attached hydrogen (secondary N) is 3. The Morgan fingerprint density at radius 1 is 1.61 bits per heavy atom. The van der Waals surface area contributed by atoms with Gasteiger partial charge in [0, 0.05) is 25.8 Å². The first-order chi connectivity index (χ1) is 8.75. The summed E-state index contributed by atoms with van der Waals surface area (Å²) in [5.41, 5.74) is 0. The van der Waals surface area contributed by atoms with Crippen molar-refractivity contribution in [2.45, 2.75) is 19.0 Å². The molecule has 1 unspecified atom stereocenters. The molecule has 1 atom stereocenters. The number of carbonyl (C=O) groups is 2. The number of amides is 2. The maximum absolute atomic E-state index is 11.7. The van der Waals surface area contributed by atoms with E-state index in [0.717, 1.165) is 13.0 Å². The molecule has 1 saturated heterocycles. The zero-order valence-electron chi connectivity index (χ0n) is 9.93. The molecule has 1 fully saturated rings. The molecule has 0 saturated carbocycles. The highest BCUT2D eigenvalue weighted by Crippen LogP contribution is 1.90. The van der Waals surface area contributed by atoms with Crippen LogP contribution in [0.2, 0.25) is 0 Å². The van der Waals surface area contributed by atoms with Crippen molar-refractivity contribution < 1.29 is 9.59 Å². The summed E-state index contributed by atoms with van der Waals surface area (Å²) in [4.78, 5) is 22.6. The zero-order valence-corrected chi connectivity index (χ0v) is 9.93. The van der Waals surface area contributed by atoms with E-state index in [-0.39, 0.29) is 24.4 Å². The fraction of sp³-hybridized carbons (Fsp3) is 0.600. The summed E-state index contributed by atoms with van der Waals surface area (Å²) < 4.78 is 1.71. The van der Waals surface area contributed by atoms with Crippen LogP contribution in [0.25, 0.3) is 0 Å². The first-order valence-corrected chi connectivity index (χ1v) is 5.87. The molecule has 0 bridgehead atoms. The minimum Gasteiger partial charge on any atom is -0.355 e. The molecule has 2 heterocycles. The quantitative estimate of drug-likeness (QED) is 0.520. The third-order valence-electron chi connectivity index (χ3n) is 2.66. The van der Waals surface area contributed by atoms with Crippen molar-refractivity contribution in [2.75, 3.05) is 19.6 Å². The number of aromatic nitrogens is 3. The molecular formula is C10H16N6O2. The van der Waals surface area contributed by atoms with Gasteiger partial charge in [-0.05, 0) is 6.42 Å². The highest BCUT2D eigenvalue weighted by molar-refractivity contribution is 5.86. The van der Waals surface area contributed by atoms with E-state index in [2.05, 4.69) is 26.3 Å². The Morgan fingerprint density at radius 3 is 3.17 bits per heavy atom. The molecule has 0 aliphatic carbocycles. The van der Waals surface area contributed by atoms with Crippen molar-refractivity contribution >= 4 is 11.8 Å². The van der Waals surface area contributed by atoms with Gasteiger partial charge < -0.3 is 10.6 Å². The molecule has 8 heteroatoms. The number of rotatable bonds is 5. The minimum atomic E-state index is -0.339. The molecule has 1 aromatic heterocycles. The molecule has 98 valence electrons. The first-order valence-electron chi connectivity index (χ1n) is 5.87. The zero-order chi connectivity index (χ0) is 12.8. The van der Waals surface area contributed by atoms with Crippen molar-refractivity contribution in [1.29, 1.82) is 0 Å². The van der Waals surface area contributed by atoms with Gasteiger partial charge in [0.2, 0.25) is 11.8 Å². The van der Waals surface area contributed by atoms with Gasteiger partial charge in [-0.3, -0.25) is 19.6 Å². The summed E-state index contributed by atoms with van der Waals surface area (Å²) >= 11 is 0. The Kier molecular flexibility index (Phi) is 4.24. The maximum Gasteiger partial charge on any atom is 0.238 e. The number of carbonyl (C=O) groups excluding carboxylic acids is 2. The predicted octanol–water partition coefficient (Wildman–Crippen LogP) is -2.13. The molecule has 3 N–H and O–H groups in total. The average Bonchev–Trinajstić information content (AvgIpc) is 2.88. The second-order valence-corrected chi connectivity index (χ2v) is 4.05. The van der Waals surface area contributed by atoms with Crippen molar-refractivity contribution in [3.8, 4) is 0 Å². The van der Waals surface area contributed by atoms with Gasteiger partial charge in [0.1, 0.15) is 6.04 Å². The van der Waals surface area contributed by atoms with Gasteiger partial charge in [-0.15, -0.1) is 5.10 Å². The smallest absolute Gasteiger partial charge is 0.238 e. The van der Waals surface area contributed by atoms with Crippen LogP contribution in [0, 0.1) is 0 Å². The monoisotopic (exact) mass is 252 g/mol. The van der Waals surface area contributed by atoms with Crippen molar-refractivity contribution in [3.63, 3.8) is 0 Å². The van der Waals surface area contributed by atoms with Gasteiger partial charge in [-0.2, -0.15) is 0 Å². The summed E-state index contributed by atoms with van der Waals surface area (Å²) in [6, 6.07) is -0.339. The van der Waals surface area contributed by atoms with Gasteiger partial charge >= 0.3 is 0 Å². The second-order valence-electron chi connectivity index (χ2n) is 4.05. The highest BCUT2D eigenvalue weighted by Gasteiger charge is 2.22. The normalized spacial score (nSPS) is 19.3. The van der Waals surface area contributed by atoms with Crippen molar-refractivity contribution in [2.24, 2.45) is 0 Å². The van der Waals surface area contributed by atoms with E-state index in [1.54, 1.807) is 17.1 Å². The molecule has 18 heavy (non-hydrogen) atoms. The molecular weight excluding hydrogens is 236 g/mol. The number of nitrogens with zero attached hydrogens (tertiary/aromatic N) is 3. The molecule has 2 amide bonds. The van der Waals surface area contributed by atoms with Crippen LogP contribution in [0.3, 0.4) is 0 Å². The molecule has 1 aromatic rings. The van der Waals surface area contributed by atoms with Crippen LogP contribution in [-0.4, -0.2) is 52.5 Å². The molecule has 8 nitrogen and oxygen atoms in total. The predicted molar refractivity (Wildman–Crippen MR) is 62.4 cm³/mol. The molecule has 2 rings (SSSR count). The Morgan fingerprint density at radius 2 is 2.50 bits per heavy atom. The lowest BCUT2D eigenvalue weighted by molar-refractivity contribution is -0.126. The summed E-state index contributed by atoms with van der Waals surface area (Å²) in [6.45, 7) is 1.82. The fourth-order valence-electron chi connectivity index (χ4n) is 1.68. The van der Waals surface area contributed by atoms with E-state index in [9.17, 15) is 9.59 Å². The number of hydrogen-bond acceptors (Lipinski definition) is 5. The SMILES string of the molecule is O=C1CNC(C(=O)NCCCn2ccnn2)CN1. The van der Waals surface area contributed by atoms with E-state index >= 15 is 0 Å². The average molecular weight is 252 g/mol. The first kappa shape index (κ1) is 12.5. The summed E-state index contributed by atoms with van der Waals surface area (Å²) in [6.07, 6.45) is 4.18. The molecule has 1 aliphatic heterocycles. The van der Waals surface area contributed by atoms with Gasteiger partial charge in [0.25, 0.3) is 0 Å². The lowest BCUT2D eigenvalue weighted by atomic mass is 10.2. The Hall–Kier alpha value is -1.96. The Labute approximate surface area is 104 Å². The maximum atomic E-state index is 11.7. The summed E-state index contributed by atoms with van der Waals surface area (Å²) in [5, 5.41) is 15.8. The summed E-state index contributed by atoms with van der Waals surface area (Å²) in [5.74, 6) is -0.168. The van der Waals surface area contributed by atoms with Crippen LogP contribution in [0.1, 0.15) is 6.42 Å². The lowest BCUT2D eigenvalue weighted by Gasteiger charge is -2.23. The van der Waals surface area contributed by atoms with Crippen molar-refractivity contribution in [3.05, 3.63) is 12.4 Å². The largest absolute Gasteiger partial charge is 0.355 e. The van der Waals surface area contributed by atoms with Crippen LogP contribution < -0.4 is 16.0 Å². The molecule has 0 aromatic carbocycles. The number of aryl methyl sites for hydroxylation is 1. The molecule has 0 spiro atoms. The minimum absolute atomic E-state index is 0.0785. The summed E-state index contributed by atoms with van der Waals surface area (Å²) in [7, 11) is 0. The Balaban J connectivity index is 1.61. The van der Waals surface area contributed by atoms with Crippen LogP contribution in [0.5, 0.6) is 0 Å². The standard InChI is InChI=1S/C10H16N6O2/c17-9-7-12-8(6-13-9)10(18)11-2-1-4-16-5-3-14-15-16/h3,5,8,12H,1-2,4,6-7H2,(H,11,18)(H,13,17). The van der Waals surface area contributed by atoms with Crippen LogP contribution in [-0.2, 0) is 16.1 Å². The third-order valence-corrected chi connectivity index (χ3v) is 2.66. The van der Waals surface area contributed by atoms with E-state index in [1.165, 1.54) is 0 Å². The number of piperazine rings is 1. The van der Waals surface area contributed by atoms with E-state index < -0.39 is 0 Å². The van der Waals surface area contributed by atoms with Gasteiger partial charge in [-0.1, -0.05) is 5.21 Å². The van der Waals surface area contributed by atoms with Crippen molar-refractivity contribution in [1.82, 2.24) is 30.9 Å². The number of hydrogen-bond donors (Lipinski definition) is 3. The fourth-order valence-corrected chi connectivity index (χ4v) is 1.68. The van der Waals surface area contributed by atoms with Gasteiger partial charge in [-0.25, -0.2) is 0 Å². The molecule has 1 aliphatic rings.